The molecule has 5 nitrogen and oxygen atoms in total. The molecule has 0 aliphatic rings. The van der Waals surface area contributed by atoms with E-state index in [0.29, 0.717) is 5.82 Å². The maximum atomic E-state index is 8.05. The normalized spacial score (nSPS) is 6.50. The van der Waals surface area contributed by atoms with Gasteiger partial charge in [-0.05, 0) is 6.92 Å². The molecule has 0 heterocycles. The first-order chi connectivity index (χ1) is 5.72. The van der Waals surface area contributed by atoms with Crippen LogP contribution in [0.15, 0.2) is 12.4 Å². The summed E-state index contributed by atoms with van der Waals surface area (Å²) in [7, 11) is 0. The van der Waals surface area contributed by atoms with Gasteiger partial charge < -0.3 is 10.5 Å². The minimum absolute atomic E-state index is 0.433. The Morgan fingerprint density at radius 2 is 1.67 bits per heavy atom. The maximum absolute atomic E-state index is 8.05. The second-order valence-electron chi connectivity index (χ2n) is 1.83. The lowest BCUT2D eigenvalue weighted by Crippen LogP contribution is -2.21. The van der Waals surface area contributed by atoms with Crippen molar-refractivity contribution in [3.63, 3.8) is 0 Å². The number of hydrogen-bond acceptors (Lipinski definition) is 5. The van der Waals surface area contributed by atoms with Gasteiger partial charge in [-0.15, -0.1) is 0 Å². The van der Waals surface area contributed by atoms with Crippen molar-refractivity contribution in [2.24, 2.45) is 5.90 Å². The first-order valence-corrected chi connectivity index (χ1v) is 3.81. The van der Waals surface area contributed by atoms with Crippen molar-refractivity contribution in [3.8, 4) is 0 Å². The molecule has 0 aromatic rings. The molecule has 0 spiro atoms. The summed E-state index contributed by atoms with van der Waals surface area (Å²) in [4.78, 5) is 0. The molecule has 0 unspecified atom stereocenters. The molecule has 0 fully saturated rings. The Hall–Kier alpha value is -0.780. The highest BCUT2D eigenvalue weighted by Gasteiger charge is 1.78. The van der Waals surface area contributed by atoms with Crippen LogP contribution in [0, 0.1) is 0 Å². The van der Waals surface area contributed by atoms with E-state index in [0.717, 1.165) is 6.54 Å². The second-order valence-corrected chi connectivity index (χ2v) is 1.83. The van der Waals surface area contributed by atoms with E-state index in [1.54, 1.807) is 0 Å². The van der Waals surface area contributed by atoms with Crippen molar-refractivity contribution in [1.82, 2.24) is 10.8 Å². The zero-order valence-corrected chi connectivity index (χ0v) is 8.09. The van der Waals surface area contributed by atoms with E-state index in [1.807, 2.05) is 12.4 Å². The van der Waals surface area contributed by atoms with Crippen molar-refractivity contribution in [1.29, 1.82) is 0 Å². The van der Waals surface area contributed by atoms with Gasteiger partial charge in [0, 0.05) is 6.54 Å². The number of hydrogen-bond donors (Lipinski definition) is 5. The molecule has 76 valence electrons. The van der Waals surface area contributed by atoms with Gasteiger partial charge in [-0.2, -0.15) is 0 Å². The lowest BCUT2D eigenvalue weighted by Gasteiger charge is -2.01. The summed E-state index contributed by atoms with van der Waals surface area (Å²) in [6.45, 7) is 10.3. The highest BCUT2D eigenvalue weighted by molar-refractivity contribution is 4.81. The Morgan fingerprint density at radius 1 is 1.33 bits per heavy atom. The zero-order chi connectivity index (χ0) is 10.4. The average Bonchev–Trinajstić information content (AvgIpc) is 2.10. The fourth-order valence-corrected chi connectivity index (χ4v) is 0.253. The van der Waals surface area contributed by atoms with E-state index in [-0.39, 0.29) is 0 Å². The van der Waals surface area contributed by atoms with Crippen LogP contribution < -0.4 is 16.7 Å². The Labute approximate surface area is 74.2 Å². The molecule has 0 bridgehead atoms. The molecule has 0 rings (SSSR count). The predicted octanol–water partition coefficient (Wildman–Crippen LogP) is 0.796. The monoisotopic (exact) mass is 179 g/mol. The molecule has 0 radical (unpaired) electrons. The Balaban J connectivity index is -0.000000137. The molecule has 0 saturated carbocycles. The minimum Gasteiger partial charge on any atom is -0.371 e. The summed E-state index contributed by atoms with van der Waals surface area (Å²) in [5.41, 5.74) is 1.86. The van der Waals surface area contributed by atoms with Gasteiger partial charge >= 0.3 is 0 Å². The van der Waals surface area contributed by atoms with Crippen LogP contribution in [-0.2, 0) is 0 Å². The Morgan fingerprint density at radius 3 is 1.75 bits per heavy atom. The average molecular weight is 179 g/mol. The molecule has 0 aromatic carbocycles. The third-order valence-corrected chi connectivity index (χ3v) is 0.525. The van der Waals surface area contributed by atoms with Crippen molar-refractivity contribution >= 4 is 0 Å². The highest BCUT2D eigenvalue weighted by Crippen LogP contribution is 1.67. The van der Waals surface area contributed by atoms with Gasteiger partial charge in [0.15, 0.2) is 0 Å². The largest absolute Gasteiger partial charge is 0.371 e. The summed E-state index contributed by atoms with van der Waals surface area (Å²) in [6, 6.07) is 0. The van der Waals surface area contributed by atoms with E-state index in [4.69, 9.17) is 10.4 Å². The van der Waals surface area contributed by atoms with E-state index in [2.05, 4.69) is 31.6 Å². The molecule has 0 aliphatic heterocycles. The molecule has 0 aromatic heterocycles. The van der Waals surface area contributed by atoms with E-state index in [9.17, 15) is 0 Å². The molecule has 12 heavy (non-hydrogen) atoms. The van der Waals surface area contributed by atoms with Crippen molar-refractivity contribution < 1.29 is 10.4 Å². The van der Waals surface area contributed by atoms with Crippen LogP contribution in [-0.4, -0.2) is 17.0 Å². The molecule has 6 N–H and O–H groups in total. The van der Waals surface area contributed by atoms with Crippen LogP contribution in [0.4, 0.5) is 0 Å². The molecule has 0 amide bonds. The lowest BCUT2D eigenvalue weighted by molar-refractivity contribution is 0.192. The molecule has 0 atom stereocenters. The van der Waals surface area contributed by atoms with Gasteiger partial charge in [-0.3, -0.25) is 10.7 Å². The van der Waals surface area contributed by atoms with E-state index >= 15 is 0 Å². The van der Waals surface area contributed by atoms with Crippen LogP contribution in [0.2, 0.25) is 0 Å². The van der Waals surface area contributed by atoms with Crippen molar-refractivity contribution in [3.05, 3.63) is 12.4 Å². The van der Waals surface area contributed by atoms with Crippen LogP contribution in [0.5, 0.6) is 0 Å². The van der Waals surface area contributed by atoms with E-state index in [1.165, 1.54) is 6.42 Å². The standard InChI is InChI=1S/C4H10N2O.C3H8.H3NO/c1-3-5-4(2)6-7;1-3-2;1-2/h5-7H,2-3H2,1H3;3H2,1-2H3;2H,1H2. The molecular formula is C7H21N3O2. The fourth-order valence-electron chi connectivity index (χ4n) is 0.253. The predicted molar refractivity (Wildman–Crippen MR) is 49.7 cm³/mol. The number of nitrogens with one attached hydrogen (secondary N) is 2. The van der Waals surface area contributed by atoms with Gasteiger partial charge in [-0.25, -0.2) is 5.90 Å². The number of rotatable bonds is 3. The summed E-state index contributed by atoms with van der Waals surface area (Å²) >= 11 is 0. The SMILES string of the molecule is C=C(NO)NCC.CCC.NO. The molecule has 5 heteroatoms. The summed E-state index contributed by atoms with van der Waals surface area (Å²) in [5.74, 6) is 3.93. The fraction of sp³-hybridized carbons (Fsp3) is 0.714. The van der Waals surface area contributed by atoms with Gasteiger partial charge in [-0.1, -0.05) is 26.8 Å². The first-order valence-electron chi connectivity index (χ1n) is 3.81. The van der Waals surface area contributed by atoms with Gasteiger partial charge in [0.2, 0.25) is 0 Å². The summed E-state index contributed by atoms with van der Waals surface area (Å²) in [6.07, 6.45) is 1.25. The van der Waals surface area contributed by atoms with Crippen molar-refractivity contribution in [2.45, 2.75) is 27.2 Å². The third kappa shape index (κ3) is 35.0. The molecular weight excluding hydrogens is 158 g/mol. The van der Waals surface area contributed by atoms with Crippen molar-refractivity contribution in [2.75, 3.05) is 6.54 Å². The Bertz CT molecular complexity index is 79.1. The minimum atomic E-state index is 0.433. The van der Waals surface area contributed by atoms with Gasteiger partial charge in [0.05, 0.1) is 0 Å². The van der Waals surface area contributed by atoms with Crippen LogP contribution in [0.25, 0.3) is 0 Å². The van der Waals surface area contributed by atoms with Crippen LogP contribution in [0.3, 0.4) is 0 Å². The highest BCUT2D eigenvalue weighted by atomic mass is 16.5. The Kier molecular flexibility index (Phi) is 32.5. The van der Waals surface area contributed by atoms with Gasteiger partial charge in [0.25, 0.3) is 0 Å². The quantitative estimate of drug-likeness (QED) is 0.413. The topological polar surface area (TPSA) is 90.5 Å². The number of nitrogens with two attached hydrogens (primary N) is 1. The molecule has 0 aliphatic carbocycles. The van der Waals surface area contributed by atoms with Crippen LogP contribution in [0.1, 0.15) is 27.2 Å². The zero-order valence-electron chi connectivity index (χ0n) is 8.09. The summed E-state index contributed by atoms with van der Waals surface area (Å²) < 4.78 is 0. The van der Waals surface area contributed by atoms with E-state index < -0.39 is 0 Å². The lowest BCUT2D eigenvalue weighted by atomic mass is 10.6. The van der Waals surface area contributed by atoms with Gasteiger partial charge in [0.1, 0.15) is 5.82 Å². The third-order valence-electron chi connectivity index (χ3n) is 0.525. The summed E-state index contributed by atoms with van der Waals surface area (Å²) in [5, 5.41) is 17.3. The van der Waals surface area contributed by atoms with Crippen LogP contribution >= 0.6 is 0 Å². The maximum Gasteiger partial charge on any atom is 0.115 e. The second kappa shape index (κ2) is 22.5. The smallest absolute Gasteiger partial charge is 0.115 e. The first kappa shape index (κ1) is 17.3. The molecule has 0 saturated heterocycles. The number of hydroxylamine groups is 1.